The van der Waals surface area contributed by atoms with Crippen LogP contribution in [0.3, 0.4) is 0 Å². The molecule has 2 aromatic carbocycles. The lowest BCUT2D eigenvalue weighted by atomic mass is 9.73. The predicted octanol–water partition coefficient (Wildman–Crippen LogP) is 2.76. The number of sulfonamides is 1. The standard InChI is InChI=1S/C27H27N7O3S/c1-19-12-24-21(15-30-34(24)22-8-9-25(35)28-16-22)13-23(19)27(14-20-6-4-3-5-7-20)10-11-33(18-27)38(36,37)26-17-29-32(2)31-26/h3-9,12-13,15-17,22H,10-11,14,18H2,1-2H3. The number of hydrogen-bond donors (Lipinski definition) is 0. The van der Waals surface area contributed by atoms with Crippen molar-refractivity contribution in [2.24, 2.45) is 12.0 Å². The molecule has 4 aromatic rings. The van der Waals surface area contributed by atoms with Crippen LogP contribution in [0.25, 0.3) is 10.9 Å². The van der Waals surface area contributed by atoms with Crippen molar-refractivity contribution in [3.63, 3.8) is 0 Å². The van der Waals surface area contributed by atoms with Crippen LogP contribution in [0.2, 0.25) is 0 Å². The first kappa shape index (κ1) is 24.4. The van der Waals surface area contributed by atoms with Gasteiger partial charge in [0.2, 0.25) is 5.03 Å². The molecule has 0 N–H and O–H groups in total. The molecule has 0 saturated carbocycles. The summed E-state index contributed by atoms with van der Waals surface area (Å²) in [5.41, 5.74) is 3.80. The number of aliphatic imine (C=N–C) groups is 1. The highest BCUT2D eigenvalue weighted by molar-refractivity contribution is 7.89. The van der Waals surface area contributed by atoms with Gasteiger partial charge in [-0.15, -0.1) is 5.10 Å². The zero-order valence-corrected chi connectivity index (χ0v) is 21.9. The van der Waals surface area contributed by atoms with E-state index in [4.69, 9.17) is 0 Å². The van der Waals surface area contributed by atoms with Gasteiger partial charge in [0.05, 0.1) is 17.9 Å². The van der Waals surface area contributed by atoms with E-state index in [2.05, 4.69) is 51.5 Å². The largest absolute Gasteiger partial charge is 0.269 e. The molecule has 2 atom stereocenters. The van der Waals surface area contributed by atoms with Gasteiger partial charge < -0.3 is 0 Å². The quantitative estimate of drug-likeness (QED) is 0.379. The number of carbonyl (C=O) groups is 1. The molecule has 0 spiro atoms. The van der Waals surface area contributed by atoms with Gasteiger partial charge in [-0.3, -0.25) is 9.48 Å². The Balaban J connectivity index is 1.42. The molecular formula is C27H27N7O3S. The molecule has 0 bridgehead atoms. The van der Waals surface area contributed by atoms with Crippen molar-refractivity contribution in [2.75, 3.05) is 13.1 Å². The third-order valence-corrected chi connectivity index (χ3v) is 9.18. The molecule has 4 heterocycles. The summed E-state index contributed by atoms with van der Waals surface area (Å²) in [6.07, 6.45) is 9.32. The van der Waals surface area contributed by atoms with E-state index in [0.717, 1.165) is 27.6 Å². The summed E-state index contributed by atoms with van der Waals surface area (Å²) in [5.74, 6) is -0.277. The van der Waals surface area contributed by atoms with Crippen LogP contribution in [0.15, 0.2) is 77.0 Å². The monoisotopic (exact) mass is 529 g/mol. The molecule has 1 amide bonds. The Bertz CT molecular complexity index is 1690. The number of aromatic nitrogens is 5. The minimum Gasteiger partial charge on any atom is -0.268 e. The van der Waals surface area contributed by atoms with Crippen molar-refractivity contribution in [3.05, 3.63) is 83.7 Å². The number of allylic oxidation sites excluding steroid dienone is 1. The second-order valence-electron chi connectivity index (χ2n) is 9.98. The summed E-state index contributed by atoms with van der Waals surface area (Å²) < 4.78 is 30.3. The van der Waals surface area contributed by atoms with Gasteiger partial charge in [0.25, 0.3) is 15.9 Å². The van der Waals surface area contributed by atoms with Gasteiger partial charge in [0.15, 0.2) is 0 Å². The number of dihydropyridines is 1. The summed E-state index contributed by atoms with van der Waals surface area (Å²) in [4.78, 5) is 16.7. The van der Waals surface area contributed by atoms with Crippen LogP contribution in [0.1, 0.15) is 29.2 Å². The molecular weight excluding hydrogens is 502 g/mol. The molecule has 0 radical (unpaired) electrons. The van der Waals surface area contributed by atoms with E-state index in [1.54, 1.807) is 19.3 Å². The molecule has 2 unspecified atom stereocenters. The Morgan fingerprint density at radius 2 is 1.92 bits per heavy atom. The van der Waals surface area contributed by atoms with Gasteiger partial charge in [-0.2, -0.15) is 19.3 Å². The Kier molecular flexibility index (Phi) is 5.84. The van der Waals surface area contributed by atoms with Crippen molar-refractivity contribution < 1.29 is 13.2 Å². The fraction of sp³-hybridized carbons (Fsp3) is 0.296. The van der Waals surface area contributed by atoms with E-state index in [1.165, 1.54) is 21.4 Å². The minimum atomic E-state index is -3.79. The number of aryl methyl sites for hydroxylation is 2. The third-order valence-electron chi connectivity index (χ3n) is 7.47. The second-order valence-corrected chi connectivity index (χ2v) is 11.9. The van der Waals surface area contributed by atoms with E-state index in [1.807, 2.05) is 29.1 Å². The Morgan fingerprint density at radius 3 is 2.63 bits per heavy atom. The Morgan fingerprint density at radius 1 is 1.11 bits per heavy atom. The lowest BCUT2D eigenvalue weighted by Gasteiger charge is -2.32. The minimum absolute atomic E-state index is 0.0374. The Hall–Kier alpha value is -3.96. The fourth-order valence-corrected chi connectivity index (χ4v) is 7.05. The predicted molar refractivity (Wildman–Crippen MR) is 142 cm³/mol. The summed E-state index contributed by atoms with van der Waals surface area (Å²) in [7, 11) is -2.18. The van der Waals surface area contributed by atoms with Crippen molar-refractivity contribution in [1.82, 2.24) is 29.1 Å². The first-order valence-electron chi connectivity index (χ1n) is 12.4. The smallest absolute Gasteiger partial charge is 0.268 e. The van der Waals surface area contributed by atoms with E-state index in [0.29, 0.717) is 25.9 Å². The van der Waals surface area contributed by atoms with Gasteiger partial charge in [-0.05, 0) is 54.7 Å². The number of nitrogens with zero attached hydrogens (tertiary/aromatic N) is 7. The van der Waals surface area contributed by atoms with Crippen molar-refractivity contribution in [2.45, 2.75) is 36.2 Å². The zero-order chi connectivity index (χ0) is 26.5. The lowest BCUT2D eigenvalue weighted by Crippen LogP contribution is -2.36. The molecule has 2 aromatic heterocycles. The zero-order valence-electron chi connectivity index (χ0n) is 21.1. The maximum atomic E-state index is 13.5. The summed E-state index contributed by atoms with van der Waals surface area (Å²) in [5, 5.41) is 13.5. The highest BCUT2D eigenvalue weighted by Crippen LogP contribution is 2.42. The lowest BCUT2D eigenvalue weighted by molar-refractivity contribution is -0.113. The van der Waals surface area contributed by atoms with Crippen LogP contribution >= 0.6 is 0 Å². The average molecular weight is 530 g/mol. The van der Waals surface area contributed by atoms with Gasteiger partial charge in [0.1, 0.15) is 6.04 Å². The number of rotatable bonds is 6. The number of fused-ring (bicyclic) bond motifs is 1. The summed E-state index contributed by atoms with van der Waals surface area (Å²) in [6.45, 7) is 2.79. The maximum absolute atomic E-state index is 13.5. The number of benzene rings is 2. The van der Waals surface area contributed by atoms with Crippen LogP contribution in [-0.4, -0.2) is 62.7 Å². The molecule has 11 heteroatoms. The SMILES string of the molecule is Cc1cc2c(cnn2C2C=CC(=O)N=C2)cc1C1(Cc2ccccc2)CCN(S(=O)(=O)c2cnn(C)n2)C1. The van der Waals surface area contributed by atoms with Gasteiger partial charge >= 0.3 is 0 Å². The Labute approximate surface area is 220 Å². The second kappa shape index (κ2) is 9.10. The van der Waals surface area contributed by atoms with E-state index in [9.17, 15) is 13.2 Å². The first-order chi connectivity index (χ1) is 18.2. The number of carbonyl (C=O) groups excluding carboxylic acids is 1. The first-order valence-corrected chi connectivity index (χ1v) is 13.8. The molecule has 38 heavy (non-hydrogen) atoms. The number of hydrogen-bond acceptors (Lipinski definition) is 6. The average Bonchev–Trinajstić information content (AvgIpc) is 3.64. The molecule has 10 nitrogen and oxygen atoms in total. The van der Waals surface area contributed by atoms with Gasteiger partial charge in [0, 0.05) is 43.2 Å². The van der Waals surface area contributed by atoms with Crippen LogP contribution < -0.4 is 0 Å². The molecule has 2 aliphatic heterocycles. The van der Waals surface area contributed by atoms with Crippen LogP contribution in [0, 0.1) is 6.92 Å². The third kappa shape index (κ3) is 4.17. The highest BCUT2D eigenvalue weighted by Gasteiger charge is 2.45. The van der Waals surface area contributed by atoms with E-state index < -0.39 is 15.4 Å². The van der Waals surface area contributed by atoms with E-state index >= 15 is 0 Å². The van der Waals surface area contributed by atoms with Crippen molar-refractivity contribution >= 4 is 33.0 Å². The fourth-order valence-electron chi connectivity index (χ4n) is 5.64. The topological polar surface area (TPSA) is 115 Å². The van der Waals surface area contributed by atoms with Crippen molar-refractivity contribution in [1.29, 1.82) is 0 Å². The molecule has 0 aliphatic carbocycles. The highest BCUT2D eigenvalue weighted by atomic mass is 32.2. The van der Waals surface area contributed by atoms with Crippen LogP contribution in [0.5, 0.6) is 0 Å². The van der Waals surface area contributed by atoms with Crippen LogP contribution in [-0.2, 0) is 33.7 Å². The molecule has 194 valence electrons. The van der Waals surface area contributed by atoms with E-state index in [-0.39, 0.29) is 17.0 Å². The van der Waals surface area contributed by atoms with Gasteiger partial charge in [-0.1, -0.05) is 30.3 Å². The molecule has 6 rings (SSSR count). The summed E-state index contributed by atoms with van der Waals surface area (Å²) in [6, 6.07) is 14.2. The van der Waals surface area contributed by atoms with Gasteiger partial charge in [-0.25, -0.2) is 13.4 Å². The summed E-state index contributed by atoms with van der Waals surface area (Å²) >= 11 is 0. The van der Waals surface area contributed by atoms with Crippen molar-refractivity contribution in [3.8, 4) is 0 Å². The molecule has 2 aliphatic rings. The van der Waals surface area contributed by atoms with Crippen LogP contribution in [0.4, 0.5) is 0 Å². The number of amides is 1. The molecule has 1 saturated heterocycles. The molecule has 1 fully saturated rings. The maximum Gasteiger partial charge on any atom is 0.269 e. The normalized spacial score (nSPS) is 22.1.